The Balaban J connectivity index is 1.28. The van der Waals surface area contributed by atoms with Gasteiger partial charge in [0.15, 0.2) is 5.82 Å². The predicted molar refractivity (Wildman–Crippen MR) is 114 cm³/mol. The molecule has 0 aromatic carbocycles. The maximum atomic E-state index is 12.7. The topological polar surface area (TPSA) is 77.5 Å². The fourth-order valence-corrected chi connectivity index (χ4v) is 4.54. The first-order valence-corrected chi connectivity index (χ1v) is 10.8. The SMILES string of the molecule is O=c1[nH]c(C2=NCCCC2)nc2c1CN(Cc1ccc(N3CCCC3)nc1)CC2. The third-order valence-electron chi connectivity index (χ3n) is 6.19. The van der Waals surface area contributed by atoms with Crippen LogP contribution in [-0.2, 0) is 19.5 Å². The lowest BCUT2D eigenvalue weighted by Gasteiger charge is -2.28. The van der Waals surface area contributed by atoms with E-state index in [2.05, 4.69) is 36.9 Å². The van der Waals surface area contributed by atoms with Crippen molar-refractivity contribution < 1.29 is 0 Å². The van der Waals surface area contributed by atoms with Crippen LogP contribution in [-0.4, -0.2) is 51.7 Å². The molecule has 5 rings (SSSR count). The number of fused-ring (bicyclic) bond motifs is 1. The van der Waals surface area contributed by atoms with Gasteiger partial charge in [-0.1, -0.05) is 6.07 Å². The first-order valence-electron chi connectivity index (χ1n) is 10.8. The van der Waals surface area contributed by atoms with Gasteiger partial charge in [-0.05, 0) is 43.7 Å². The van der Waals surface area contributed by atoms with Gasteiger partial charge in [0.1, 0.15) is 5.82 Å². The van der Waals surface area contributed by atoms with Gasteiger partial charge < -0.3 is 9.88 Å². The molecule has 7 heteroatoms. The molecule has 0 amide bonds. The lowest BCUT2D eigenvalue weighted by atomic mass is 10.0. The van der Waals surface area contributed by atoms with Crippen molar-refractivity contribution in [2.24, 2.45) is 4.99 Å². The standard InChI is InChI=1S/C22H28N6O/c29-22-17-15-27(14-16-6-7-20(24-13-16)28-10-3-4-11-28)12-8-18(17)25-21(26-22)19-5-1-2-9-23-19/h6-7,13H,1-5,8-12,14-15H2,(H,25,26,29). The molecule has 1 fully saturated rings. The number of nitrogens with one attached hydrogen (secondary N) is 1. The van der Waals surface area contributed by atoms with Gasteiger partial charge in [0.05, 0.1) is 17.0 Å². The van der Waals surface area contributed by atoms with Crippen LogP contribution < -0.4 is 10.5 Å². The lowest BCUT2D eigenvalue weighted by molar-refractivity contribution is 0.241. The van der Waals surface area contributed by atoms with E-state index in [9.17, 15) is 4.79 Å². The van der Waals surface area contributed by atoms with Crippen LogP contribution in [0, 0.1) is 0 Å². The zero-order chi connectivity index (χ0) is 19.6. The quantitative estimate of drug-likeness (QED) is 0.864. The molecule has 0 aliphatic carbocycles. The molecule has 1 N–H and O–H groups in total. The van der Waals surface area contributed by atoms with Crippen molar-refractivity contribution in [2.75, 3.05) is 31.1 Å². The Morgan fingerprint density at radius 1 is 1.03 bits per heavy atom. The van der Waals surface area contributed by atoms with Crippen LogP contribution in [0.1, 0.15) is 54.7 Å². The lowest BCUT2D eigenvalue weighted by Crippen LogP contribution is -2.36. The number of aliphatic imine (C=N–C) groups is 1. The highest BCUT2D eigenvalue weighted by molar-refractivity contribution is 5.97. The van der Waals surface area contributed by atoms with E-state index >= 15 is 0 Å². The maximum Gasteiger partial charge on any atom is 0.255 e. The number of hydrogen-bond acceptors (Lipinski definition) is 6. The molecule has 0 unspecified atom stereocenters. The normalized spacial score (nSPS) is 19.9. The first kappa shape index (κ1) is 18.5. The first-order chi connectivity index (χ1) is 14.3. The van der Waals surface area contributed by atoms with Crippen LogP contribution in [0.2, 0.25) is 0 Å². The van der Waals surface area contributed by atoms with Crippen molar-refractivity contribution in [3.63, 3.8) is 0 Å². The summed E-state index contributed by atoms with van der Waals surface area (Å²) in [6, 6.07) is 4.30. The molecule has 3 aliphatic heterocycles. The van der Waals surface area contributed by atoms with Crippen molar-refractivity contribution in [1.29, 1.82) is 0 Å². The summed E-state index contributed by atoms with van der Waals surface area (Å²) < 4.78 is 0. The van der Waals surface area contributed by atoms with E-state index in [4.69, 9.17) is 4.98 Å². The Morgan fingerprint density at radius 3 is 2.69 bits per heavy atom. The molecule has 0 radical (unpaired) electrons. The van der Waals surface area contributed by atoms with Crippen LogP contribution in [0.25, 0.3) is 0 Å². The van der Waals surface area contributed by atoms with Crippen molar-refractivity contribution in [3.8, 4) is 0 Å². The second-order valence-electron chi connectivity index (χ2n) is 8.30. The molecule has 2 aromatic rings. The van der Waals surface area contributed by atoms with E-state index in [0.717, 1.165) is 81.2 Å². The third-order valence-corrected chi connectivity index (χ3v) is 6.19. The number of aromatic nitrogens is 3. The molecular formula is C22H28N6O. The number of anilines is 1. The van der Waals surface area contributed by atoms with E-state index in [1.165, 1.54) is 18.4 Å². The summed E-state index contributed by atoms with van der Waals surface area (Å²) in [6.45, 7) is 5.41. The summed E-state index contributed by atoms with van der Waals surface area (Å²) in [5.74, 6) is 1.76. The van der Waals surface area contributed by atoms with Gasteiger partial charge in [-0.25, -0.2) is 9.97 Å². The zero-order valence-corrected chi connectivity index (χ0v) is 16.9. The van der Waals surface area contributed by atoms with Crippen LogP contribution in [0.15, 0.2) is 28.1 Å². The number of H-pyrrole nitrogens is 1. The Morgan fingerprint density at radius 2 is 1.93 bits per heavy atom. The van der Waals surface area contributed by atoms with E-state index in [-0.39, 0.29) is 5.56 Å². The molecular weight excluding hydrogens is 364 g/mol. The highest BCUT2D eigenvalue weighted by Gasteiger charge is 2.23. The molecule has 0 atom stereocenters. The number of aromatic amines is 1. The largest absolute Gasteiger partial charge is 0.357 e. The van der Waals surface area contributed by atoms with Gasteiger partial charge in [-0.15, -0.1) is 0 Å². The Hall–Kier alpha value is -2.54. The predicted octanol–water partition coefficient (Wildman–Crippen LogP) is 2.30. The third kappa shape index (κ3) is 3.96. The molecule has 7 nitrogen and oxygen atoms in total. The molecule has 0 spiro atoms. The van der Waals surface area contributed by atoms with Crippen molar-refractivity contribution in [2.45, 2.75) is 51.6 Å². The Bertz CT molecular complexity index is 958. The summed E-state index contributed by atoms with van der Waals surface area (Å²) >= 11 is 0. The van der Waals surface area contributed by atoms with E-state index in [1.807, 2.05) is 6.20 Å². The van der Waals surface area contributed by atoms with Crippen LogP contribution >= 0.6 is 0 Å². The summed E-state index contributed by atoms with van der Waals surface area (Å²) in [5.41, 5.74) is 3.89. The van der Waals surface area contributed by atoms with Crippen molar-refractivity contribution >= 4 is 11.5 Å². The minimum atomic E-state index is -0.00882. The summed E-state index contributed by atoms with van der Waals surface area (Å²) in [6.07, 6.45) is 8.46. The average molecular weight is 393 g/mol. The minimum absolute atomic E-state index is 0.00882. The van der Waals surface area contributed by atoms with Gasteiger partial charge >= 0.3 is 0 Å². The molecule has 152 valence electrons. The number of nitrogens with zero attached hydrogens (tertiary/aromatic N) is 5. The molecule has 1 saturated heterocycles. The second-order valence-corrected chi connectivity index (χ2v) is 8.30. The minimum Gasteiger partial charge on any atom is -0.357 e. The molecule has 3 aliphatic rings. The fourth-order valence-electron chi connectivity index (χ4n) is 4.54. The summed E-state index contributed by atoms with van der Waals surface area (Å²) in [7, 11) is 0. The molecule has 0 saturated carbocycles. The van der Waals surface area contributed by atoms with Gasteiger partial charge in [0.25, 0.3) is 5.56 Å². The van der Waals surface area contributed by atoms with Crippen LogP contribution in [0.3, 0.4) is 0 Å². The summed E-state index contributed by atoms with van der Waals surface area (Å²) in [5, 5.41) is 0. The Labute approximate surface area is 170 Å². The van der Waals surface area contributed by atoms with Crippen LogP contribution in [0.4, 0.5) is 5.82 Å². The second kappa shape index (κ2) is 8.06. The van der Waals surface area contributed by atoms with Gasteiger partial charge in [-0.2, -0.15) is 0 Å². The highest BCUT2D eigenvalue weighted by atomic mass is 16.1. The summed E-state index contributed by atoms with van der Waals surface area (Å²) in [4.78, 5) is 34.3. The highest BCUT2D eigenvalue weighted by Crippen LogP contribution is 2.20. The van der Waals surface area contributed by atoms with Crippen molar-refractivity contribution in [3.05, 3.63) is 51.3 Å². The van der Waals surface area contributed by atoms with Crippen molar-refractivity contribution in [1.82, 2.24) is 19.9 Å². The zero-order valence-electron chi connectivity index (χ0n) is 16.9. The molecule has 2 aromatic heterocycles. The average Bonchev–Trinajstić information content (AvgIpc) is 3.30. The van der Waals surface area contributed by atoms with Crippen LogP contribution in [0.5, 0.6) is 0 Å². The maximum absolute atomic E-state index is 12.7. The van der Waals surface area contributed by atoms with E-state index in [0.29, 0.717) is 12.4 Å². The number of rotatable bonds is 4. The van der Waals surface area contributed by atoms with E-state index < -0.39 is 0 Å². The van der Waals surface area contributed by atoms with Gasteiger partial charge in [-0.3, -0.25) is 14.7 Å². The smallest absolute Gasteiger partial charge is 0.255 e. The van der Waals surface area contributed by atoms with Gasteiger partial charge in [0.2, 0.25) is 0 Å². The number of hydrogen-bond donors (Lipinski definition) is 1. The fraction of sp³-hybridized carbons (Fsp3) is 0.545. The van der Waals surface area contributed by atoms with E-state index in [1.54, 1.807) is 0 Å². The molecule has 29 heavy (non-hydrogen) atoms. The Kier molecular flexibility index (Phi) is 5.14. The number of pyridine rings is 1. The monoisotopic (exact) mass is 392 g/mol. The molecule has 0 bridgehead atoms. The van der Waals surface area contributed by atoms with Gasteiger partial charge in [0, 0.05) is 51.9 Å². The molecule has 5 heterocycles.